The molecule has 1 aliphatic heterocycles. The number of ether oxygens (including phenoxy) is 2. The molecule has 0 bridgehead atoms. The van der Waals surface area contributed by atoms with Crippen molar-refractivity contribution in [2.45, 2.75) is 31.4 Å². The molecule has 2 N–H and O–H groups in total. The number of carbonyl (C=O) groups excluding carboxylic acids is 1. The summed E-state index contributed by atoms with van der Waals surface area (Å²) >= 11 is 1.51. The van der Waals surface area contributed by atoms with Gasteiger partial charge in [-0.3, -0.25) is 14.6 Å². The van der Waals surface area contributed by atoms with Gasteiger partial charge in [-0.25, -0.2) is 9.37 Å². The largest absolute Gasteiger partial charge is 0.482 e. The molecule has 43 heavy (non-hydrogen) atoms. The number of aromatic amines is 1. The maximum absolute atomic E-state index is 13.8. The van der Waals surface area contributed by atoms with Gasteiger partial charge in [0.2, 0.25) is 5.91 Å². The monoisotopic (exact) mass is 637 g/mol. The normalized spacial score (nSPS) is 15.2. The number of piperazine rings is 1. The highest BCUT2D eigenvalue weighted by Crippen LogP contribution is 2.38. The summed E-state index contributed by atoms with van der Waals surface area (Å²) in [6.45, 7) is 2.64. The zero-order chi connectivity index (χ0) is 31.4. The first-order valence-electron chi connectivity index (χ1n) is 13.2. The van der Waals surface area contributed by atoms with Gasteiger partial charge in [-0.2, -0.15) is 26.3 Å². The van der Waals surface area contributed by atoms with Crippen LogP contribution in [0.15, 0.2) is 29.4 Å². The van der Waals surface area contributed by atoms with Gasteiger partial charge >= 0.3 is 12.4 Å². The Kier molecular flexibility index (Phi) is 10.3. The summed E-state index contributed by atoms with van der Waals surface area (Å²) in [5, 5.41) is 3.08. The molecular weight excluding hydrogens is 607 g/mol. The number of H-pyrrole nitrogens is 1. The Morgan fingerprint density at radius 2 is 1.53 bits per heavy atom. The summed E-state index contributed by atoms with van der Waals surface area (Å²) < 4.78 is 100. The minimum atomic E-state index is -4.71. The Labute approximate surface area is 246 Å². The smallest absolute Gasteiger partial charge is 0.422 e. The van der Waals surface area contributed by atoms with Crippen LogP contribution >= 0.6 is 11.8 Å². The van der Waals surface area contributed by atoms with Gasteiger partial charge in [0.1, 0.15) is 23.0 Å². The Hall–Kier alpha value is -3.24. The van der Waals surface area contributed by atoms with Gasteiger partial charge in [-0.15, -0.1) is 0 Å². The van der Waals surface area contributed by atoms with Crippen molar-refractivity contribution in [2.75, 3.05) is 63.6 Å². The fourth-order valence-corrected chi connectivity index (χ4v) is 5.28. The van der Waals surface area contributed by atoms with E-state index in [2.05, 4.69) is 20.2 Å². The number of benzene rings is 2. The van der Waals surface area contributed by atoms with Gasteiger partial charge in [-0.05, 0) is 49.2 Å². The van der Waals surface area contributed by atoms with E-state index in [1.54, 1.807) is 13.0 Å². The number of aryl methyl sites for hydroxylation is 2. The Bertz CT molecular complexity index is 1340. The molecule has 4 rings (SSSR count). The molecule has 1 aliphatic rings. The Morgan fingerprint density at radius 3 is 2.12 bits per heavy atom. The molecule has 0 unspecified atom stereocenters. The molecular formula is C27H30F7N5O3S. The molecule has 2 heterocycles. The zero-order valence-corrected chi connectivity index (χ0v) is 24.1. The number of nitrogens with zero attached hydrogens (tertiary/aromatic N) is 3. The van der Waals surface area contributed by atoms with Gasteiger partial charge < -0.3 is 19.8 Å². The number of thioether (sulfide) groups is 1. The zero-order valence-electron chi connectivity index (χ0n) is 23.3. The van der Waals surface area contributed by atoms with E-state index in [9.17, 15) is 35.5 Å². The quantitative estimate of drug-likeness (QED) is 0.211. The highest BCUT2D eigenvalue weighted by Gasteiger charge is 2.32. The summed E-state index contributed by atoms with van der Waals surface area (Å²) in [6, 6.07) is 5.47. The Balaban J connectivity index is 1.29. The summed E-state index contributed by atoms with van der Waals surface area (Å²) in [6.07, 6.45) is -9.42. The predicted molar refractivity (Wildman–Crippen MR) is 147 cm³/mol. The van der Waals surface area contributed by atoms with E-state index in [0.717, 1.165) is 12.3 Å². The lowest BCUT2D eigenvalue weighted by molar-refractivity contribution is -0.153. The first-order valence-corrected chi connectivity index (χ1v) is 14.2. The van der Waals surface area contributed by atoms with Crippen LogP contribution in [0.2, 0.25) is 0 Å². The minimum absolute atomic E-state index is 0.136. The van der Waals surface area contributed by atoms with Crippen molar-refractivity contribution in [3.05, 3.63) is 41.2 Å². The molecule has 1 amide bonds. The molecule has 0 atom stereocenters. The van der Waals surface area contributed by atoms with E-state index in [4.69, 9.17) is 9.47 Å². The number of nitrogens with one attached hydrogen (secondary N) is 2. The second-order valence-corrected chi connectivity index (χ2v) is 11.2. The van der Waals surface area contributed by atoms with E-state index in [1.165, 1.54) is 36.9 Å². The van der Waals surface area contributed by atoms with Crippen LogP contribution in [-0.4, -0.2) is 96.3 Å². The van der Waals surface area contributed by atoms with Crippen molar-refractivity contribution in [3.63, 3.8) is 0 Å². The molecule has 2 aromatic carbocycles. The molecule has 1 saturated heterocycles. The molecule has 16 heteroatoms. The lowest BCUT2D eigenvalue weighted by Crippen LogP contribution is -2.49. The molecule has 8 nitrogen and oxygen atoms in total. The molecule has 0 saturated carbocycles. The number of carbonyl (C=O) groups is 1. The van der Waals surface area contributed by atoms with Gasteiger partial charge in [0.05, 0.1) is 17.6 Å². The van der Waals surface area contributed by atoms with Crippen molar-refractivity contribution in [3.8, 4) is 11.5 Å². The van der Waals surface area contributed by atoms with Gasteiger partial charge in [0.25, 0.3) is 0 Å². The number of hydrogen-bond acceptors (Lipinski definition) is 7. The molecule has 3 aromatic rings. The minimum Gasteiger partial charge on any atom is -0.482 e. The van der Waals surface area contributed by atoms with Crippen molar-refractivity contribution in [1.29, 1.82) is 0 Å². The number of rotatable bonds is 11. The number of aromatic nitrogens is 2. The van der Waals surface area contributed by atoms with Crippen molar-refractivity contribution in [2.24, 2.45) is 0 Å². The second kappa shape index (κ2) is 13.6. The average molecular weight is 638 g/mol. The highest BCUT2D eigenvalue weighted by molar-refractivity contribution is 7.99. The van der Waals surface area contributed by atoms with E-state index in [-0.39, 0.29) is 17.9 Å². The lowest BCUT2D eigenvalue weighted by atomic mass is 10.2. The fourth-order valence-electron chi connectivity index (χ4n) is 4.40. The van der Waals surface area contributed by atoms with Crippen molar-refractivity contribution >= 4 is 34.4 Å². The predicted octanol–water partition coefficient (Wildman–Crippen LogP) is 5.55. The number of amides is 1. The van der Waals surface area contributed by atoms with Crippen LogP contribution in [0.1, 0.15) is 11.1 Å². The molecule has 0 radical (unpaired) electrons. The second-order valence-electron chi connectivity index (χ2n) is 10.1. The van der Waals surface area contributed by atoms with Crippen LogP contribution in [-0.2, 0) is 4.79 Å². The summed E-state index contributed by atoms with van der Waals surface area (Å²) in [4.78, 5) is 24.4. The Morgan fingerprint density at radius 1 is 0.953 bits per heavy atom. The van der Waals surface area contributed by atoms with Gasteiger partial charge in [0, 0.05) is 38.5 Å². The van der Waals surface area contributed by atoms with Crippen LogP contribution in [0.25, 0.3) is 11.0 Å². The maximum Gasteiger partial charge on any atom is 0.422 e. The first-order chi connectivity index (χ1) is 20.1. The summed E-state index contributed by atoms with van der Waals surface area (Å²) in [5.74, 6) is -1.12. The third kappa shape index (κ3) is 9.89. The topological polar surface area (TPSA) is 82.7 Å². The summed E-state index contributed by atoms with van der Waals surface area (Å²) in [5.41, 5.74) is 1.72. The molecule has 1 fully saturated rings. The van der Waals surface area contributed by atoms with Gasteiger partial charge in [-0.1, -0.05) is 11.8 Å². The number of hydrogen-bond donors (Lipinski definition) is 2. The van der Waals surface area contributed by atoms with Crippen LogP contribution in [0.5, 0.6) is 11.5 Å². The van der Waals surface area contributed by atoms with E-state index in [0.29, 0.717) is 47.9 Å². The molecule has 0 spiro atoms. The standard InChI is InChI=1S/C27H30F7N5O3S/c1-16-9-21(41-14-26(29,30)31)24(22(10-16)42-15-27(32,33)34)37-23(40)13-39-5-3-38(4-6-39)7-8-43-25-35-19-11-17(2)18(28)12-20(19)36-25/h9-12H,3-8,13-15H2,1-2H3,(H,35,36)(H,37,40). The maximum atomic E-state index is 13.8. The number of fused-ring (bicyclic) bond motifs is 1. The van der Waals surface area contributed by atoms with Crippen LogP contribution in [0.3, 0.4) is 0 Å². The van der Waals surface area contributed by atoms with Crippen molar-refractivity contribution < 1.29 is 45.0 Å². The third-order valence-electron chi connectivity index (χ3n) is 6.48. The average Bonchev–Trinajstić information content (AvgIpc) is 3.29. The number of imidazole rings is 1. The molecule has 0 aliphatic carbocycles. The number of halogens is 7. The fraction of sp³-hybridized carbons (Fsp3) is 0.481. The van der Waals surface area contributed by atoms with Crippen LogP contribution < -0.4 is 14.8 Å². The lowest BCUT2D eigenvalue weighted by Gasteiger charge is -2.34. The van der Waals surface area contributed by atoms with E-state index >= 15 is 0 Å². The van der Waals surface area contributed by atoms with E-state index in [1.807, 2.05) is 4.90 Å². The van der Waals surface area contributed by atoms with Gasteiger partial charge in [0.15, 0.2) is 18.4 Å². The van der Waals surface area contributed by atoms with Crippen LogP contribution in [0, 0.1) is 19.7 Å². The molecule has 1 aromatic heterocycles. The SMILES string of the molecule is Cc1cc(OCC(F)(F)F)c(NC(=O)CN2CCN(CCSc3nc4cc(C)c(F)cc4[nH]3)CC2)c(OCC(F)(F)F)c1. The first kappa shape index (κ1) is 32.7. The van der Waals surface area contributed by atoms with Crippen LogP contribution in [0.4, 0.5) is 36.4 Å². The summed E-state index contributed by atoms with van der Waals surface area (Å²) in [7, 11) is 0. The van der Waals surface area contributed by atoms with E-state index < -0.39 is 48.7 Å². The van der Waals surface area contributed by atoms with Crippen molar-refractivity contribution in [1.82, 2.24) is 19.8 Å². The molecule has 236 valence electrons. The number of anilines is 1. The highest BCUT2D eigenvalue weighted by atomic mass is 32.2. The third-order valence-corrected chi connectivity index (χ3v) is 7.33. The number of alkyl halides is 6.